The van der Waals surface area contributed by atoms with Crippen LogP contribution >= 0.6 is 0 Å². The normalized spacial score (nSPS) is 16.6. The molecule has 1 N–H and O–H groups in total. The number of hydrogen-bond donors (Lipinski definition) is 1. The molecule has 4 rings (SSSR count). The lowest BCUT2D eigenvalue weighted by Gasteiger charge is -2.17. The predicted molar refractivity (Wildman–Crippen MR) is 107 cm³/mol. The van der Waals surface area contributed by atoms with Gasteiger partial charge in [-0.25, -0.2) is 9.97 Å². The van der Waals surface area contributed by atoms with E-state index in [1.165, 1.54) is 0 Å². The molecule has 3 aromatic heterocycles. The average molecular weight is 377 g/mol. The van der Waals surface area contributed by atoms with Gasteiger partial charge in [0, 0.05) is 37.6 Å². The Hall–Kier alpha value is -3.29. The molecule has 1 unspecified atom stereocenters. The molecule has 0 aromatic carbocycles. The van der Waals surface area contributed by atoms with E-state index in [0.29, 0.717) is 30.3 Å². The zero-order chi connectivity index (χ0) is 19.7. The van der Waals surface area contributed by atoms with Crippen LogP contribution in [0.25, 0.3) is 11.5 Å². The van der Waals surface area contributed by atoms with Crippen LogP contribution in [0.15, 0.2) is 36.5 Å². The topological polar surface area (TPSA) is 88.8 Å². The molecule has 0 aliphatic carbocycles. The zero-order valence-corrected chi connectivity index (χ0v) is 16.3. The van der Waals surface area contributed by atoms with Gasteiger partial charge in [0.25, 0.3) is 5.91 Å². The fourth-order valence-electron chi connectivity index (χ4n) is 3.43. The average Bonchev–Trinajstić information content (AvgIpc) is 3.23. The number of rotatable bonds is 5. The molecule has 1 aliphatic heterocycles. The maximum atomic E-state index is 12.9. The molecule has 0 bridgehead atoms. The van der Waals surface area contributed by atoms with Crippen molar-refractivity contribution in [1.29, 1.82) is 0 Å². The van der Waals surface area contributed by atoms with Crippen LogP contribution in [0, 0.1) is 6.92 Å². The van der Waals surface area contributed by atoms with Crippen LogP contribution in [0.5, 0.6) is 0 Å². The molecule has 3 aromatic rings. The van der Waals surface area contributed by atoms with Gasteiger partial charge in [-0.15, -0.1) is 0 Å². The lowest BCUT2D eigenvalue weighted by molar-refractivity contribution is -0.117. The first-order chi connectivity index (χ1) is 13.5. The SMILES string of the molecule is CCc1cc(NC2CCN(c3cc(C)nn3C)C2=O)nc(-c2ccccn2)n1. The molecule has 1 fully saturated rings. The van der Waals surface area contributed by atoms with Crippen molar-refractivity contribution in [3.63, 3.8) is 0 Å². The summed E-state index contributed by atoms with van der Waals surface area (Å²) < 4.78 is 1.74. The minimum atomic E-state index is -0.327. The molecule has 0 radical (unpaired) electrons. The summed E-state index contributed by atoms with van der Waals surface area (Å²) in [5.41, 5.74) is 2.51. The molecule has 1 amide bonds. The third-order valence-electron chi connectivity index (χ3n) is 4.82. The molecule has 0 spiro atoms. The second-order valence-electron chi connectivity index (χ2n) is 6.88. The Morgan fingerprint density at radius 1 is 1.25 bits per heavy atom. The summed E-state index contributed by atoms with van der Waals surface area (Å²) in [6.45, 7) is 4.61. The summed E-state index contributed by atoms with van der Waals surface area (Å²) in [5.74, 6) is 2.05. The number of aryl methyl sites for hydroxylation is 3. The first-order valence-electron chi connectivity index (χ1n) is 9.43. The Labute approximate surface area is 163 Å². The zero-order valence-electron chi connectivity index (χ0n) is 16.3. The van der Waals surface area contributed by atoms with Crippen molar-refractivity contribution in [3.8, 4) is 11.5 Å². The third kappa shape index (κ3) is 3.45. The van der Waals surface area contributed by atoms with Crippen LogP contribution in [-0.2, 0) is 18.3 Å². The highest BCUT2D eigenvalue weighted by Crippen LogP contribution is 2.24. The third-order valence-corrected chi connectivity index (χ3v) is 4.82. The smallest absolute Gasteiger partial charge is 0.250 e. The van der Waals surface area contributed by atoms with Gasteiger partial charge in [-0.3, -0.25) is 19.4 Å². The Morgan fingerprint density at radius 2 is 2.11 bits per heavy atom. The lowest BCUT2D eigenvalue weighted by Crippen LogP contribution is -2.34. The monoisotopic (exact) mass is 377 g/mol. The van der Waals surface area contributed by atoms with Crippen molar-refractivity contribution < 1.29 is 4.79 Å². The van der Waals surface area contributed by atoms with Crippen molar-refractivity contribution in [1.82, 2.24) is 24.7 Å². The highest BCUT2D eigenvalue weighted by atomic mass is 16.2. The van der Waals surface area contributed by atoms with E-state index in [1.54, 1.807) is 15.8 Å². The highest BCUT2D eigenvalue weighted by Gasteiger charge is 2.34. The van der Waals surface area contributed by atoms with Gasteiger partial charge in [-0.1, -0.05) is 13.0 Å². The summed E-state index contributed by atoms with van der Waals surface area (Å²) in [6, 6.07) is 9.15. The van der Waals surface area contributed by atoms with Crippen molar-refractivity contribution in [2.24, 2.45) is 7.05 Å². The number of nitrogens with zero attached hydrogens (tertiary/aromatic N) is 6. The second-order valence-corrected chi connectivity index (χ2v) is 6.88. The van der Waals surface area contributed by atoms with Gasteiger partial charge in [0.15, 0.2) is 5.82 Å². The number of nitrogens with one attached hydrogen (secondary N) is 1. The molecule has 1 aliphatic rings. The van der Waals surface area contributed by atoms with E-state index in [-0.39, 0.29) is 11.9 Å². The largest absolute Gasteiger partial charge is 0.358 e. The number of anilines is 2. The van der Waals surface area contributed by atoms with Crippen molar-refractivity contribution in [2.45, 2.75) is 32.7 Å². The minimum Gasteiger partial charge on any atom is -0.358 e. The van der Waals surface area contributed by atoms with Crippen LogP contribution in [0.4, 0.5) is 11.6 Å². The van der Waals surface area contributed by atoms with Gasteiger partial charge in [0.05, 0.1) is 5.69 Å². The number of hydrogen-bond acceptors (Lipinski definition) is 6. The van der Waals surface area contributed by atoms with Crippen molar-refractivity contribution in [2.75, 3.05) is 16.8 Å². The van der Waals surface area contributed by atoms with Gasteiger partial charge in [0.1, 0.15) is 23.4 Å². The summed E-state index contributed by atoms with van der Waals surface area (Å²) in [7, 11) is 1.85. The van der Waals surface area contributed by atoms with E-state index < -0.39 is 0 Å². The molecular weight excluding hydrogens is 354 g/mol. The minimum absolute atomic E-state index is 0.0269. The van der Waals surface area contributed by atoms with E-state index >= 15 is 0 Å². The molecule has 4 heterocycles. The van der Waals surface area contributed by atoms with Crippen molar-refractivity contribution >= 4 is 17.5 Å². The quantitative estimate of drug-likeness (QED) is 0.734. The summed E-state index contributed by atoms with van der Waals surface area (Å²) >= 11 is 0. The van der Waals surface area contributed by atoms with Crippen LogP contribution in [-0.4, -0.2) is 43.2 Å². The van der Waals surface area contributed by atoms with Crippen LogP contribution in [0.1, 0.15) is 24.7 Å². The highest BCUT2D eigenvalue weighted by molar-refractivity contribution is 6.00. The molecule has 0 saturated carbocycles. The van der Waals surface area contributed by atoms with Gasteiger partial charge in [-0.05, 0) is 31.9 Å². The molecule has 1 saturated heterocycles. The molecule has 144 valence electrons. The molecule has 8 heteroatoms. The maximum Gasteiger partial charge on any atom is 0.250 e. The Bertz CT molecular complexity index is 999. The Balaban J connectivity index is 1.57. The van der Waals surface area contributed by atoms with Crippen LogP contribution in [0.3, 0.4) is 0 Å². The molecular formula is C20H23N7O. The maximum absolute atomic E-state index is 12.9. The number of pyridine rings is 1. The number of carbonyl (C=O) groups is 1. The fourth-order valence-corrected chi connectivity index (χ4v) is 3.43. The van der Waals surface area contributed by atoms with Gasteiger partial charge in [0.2, 0.25) is 0 Å². The van der Waals surface area contributed by atoms with Crippen molar-refractivity contribution in [3.05, 3.63) is 47.9 Å². The summed E-state index contributed by atoms with van der Waals surface area (Å²) in [6.07, 6.45) is 3.20. The molecule has 8 nitrogen and oxygen atoms in total. The number of carbonyl (C=O) groups excluding carboxylic acids is 1. The molecule has 28 heavy (non-hydrogen) atoms. The number of aromatic nitrogens is 5. The Kier molecular flexibility index (Phi) is 4.77. The van der Waals surface area contributed by atoms with E-state index in [9.17, 15) is 4.79 Å². The van der Waals surface area contributed by atoms with Gasteiger partial charge in [-0.2, -0.15) is 5.10 Å². The second kappa shape index (κ2) is 7.38. The fraction of sp³-hybridized carbons (Fsp3) is 0.350. The number of amides is 1. The standard InChI is InChI=1S/C20H23N7O/c1-4-14-12-17(24-19(22-14)15-7-5-6-9-21-15)23-16-8-10-27(20(16)28)18-11-13(2)25-26(18)3/h5-7,9,11-12,16H,4,8,10H2,1-3H3,(H,22,23,24). The summed E-state index contributed by atoms with van der Waals surface area (Å²) in [4.78, 5) is 28.2. The van der Waals surface area contributed by atoms with Crippen LogP contribution < -0.4 is 10.2 Å². The first-order valence-corrected chi connectivity index (χ1v) is 9.43. The van der Waals surface area contributed by atoms with Gasteiger partial charge >= 0.3 is 0 Å². The summed E-state index contributed by atoms with van der Waals surface area (Å²) in [5, 5.41) is 7.64. The van der Waals surface area contributed by atoms with Gasteiger partial charge < -0.3 is 5.32 Å². The van der Waals surface area contributed by atoms with Crippen LogP contribution in [0.2, 0.25) is 0 Å². The van der Waals surface area contributed by atoms with E-state index in [1.807, 2.05) is 51.2 Å². The van der Waals surface area contributed by atoms with E-state index in [4.69, 9.17) is 0 Å². The predicted octanol–water partition coefficient (Wildman–Crippen LogP) is 2.36. The lowest BCUT2D eigenvalue weighted by atomic mass is 10.2. The van der Waals surface area contributed by atoms with E-state index in [2.05, 4.69) is 25.4 Å². The Morgan fingerprint density at radius 3 is 2.79 bits per heavy atom. The van der Waals surface area contributed by atoms with E-state index in [0.717, 1.165) is 23.6 Å². The molecule has 1 atom stereocenters. The first kappa shape index (κ1) is 18.1.